The number of hydrogen-bond acceptors (Lipinski definition) is 3. The predicted molar refractivity (Wildman–Crippen MR) is 123 cm³/mol. The molecule has 6 heteroatoms. The fraction of sp³-hybridized carbons (Fsp3) is 0.130. The van der Waals surface area contributed by atoms with E-state index in [9.17, 15) is 4.79 Å². The Kier molecular flexibility index (Phi) is 5.59. The van der Waals surface area contributed by atoms with E-state index >= 15 is 0 Å². The summed E-state index contributed by atoms with van der Waals surface area (Å²) in [6.45, 7) is 4.51. The number of hydrogen-bond donors (Lipinski definition) is 0. The largest absolute Gasteiger partial charge is 0.279 e. The molecule has 1 aromatic heterocycles. The number of carbonyl (C=O) groups is 1. The minimum absolute atomic E-state index is 0.188. The van der Waals surface area contributed by atoms with Crippen molar-refractivity contribution in [2.45, 2.75) is 20.4 Å². The number of aryl methyl sites for hydroxylation is 2. The van der Waals surface area contributed by atoms with Gasteiger partial charge in [0.2, 0.25) is 0 Å². The number of carbonyl (C=O) groups excluding carboxylic acids is 1. The van der Waals surface area contributed by atoms with E-state index in [1.54, 1.807) is 23.1 Å². The maximum Gasteiger partial charge on any atom is 0.260 e. The average molecular weight is 441 g/mol. The molecule has 1 amide bonds. The highest BCUT2D eigenvalue weighted by atomic mass is 35.5. The first-order valence-electron chi connectivity index (χ1n) is 9.10. The van der Waals surface area contributed by atoms with Gasteiger partial charge in [-0.25, -0.2) is 4.98 Å². The number of aromatic nitrogens is 1. The highest BCUT2D eigenvalue weighted by Crippen LogP contribution is 2.33. The molecular weight excluding hydrogens is 423 g/mol. The molecule has 4 aromatic rings. The molecule has 0 N–H and O–H groups in total. The summed E-state index contributed by atoms with van der Waals surface area (Å²) >= 11 is 13.8. The zero-order valence-electron chi connectivity index (χ0n) is 15.9. The van der Waals surface area contributed by atoms with Gasteiger partial charge in [-0.3, -0.25) is 9.69 Å². The Morgan fingerprint density at radius 2 is 1.69 bits per heavy atom. The van der Waals surface area contributed by atoms with E-state index in [0.29, 0.717) is 27.3 Å². The number of benzene rings is 3. The van der Waals surface area contributed by atoms with Gasteiger partial charge in [-0.15, -0.1) is 0 Å². The van der Waals surface area contributed by atoms with Crippen LogP contribution in [0.4, 0.5) is 5.13 Å². The van der Waals surface area contributed by atoms with Crippen LogP contribution < -0.4 is 4.90 Å². The number of thiazole rings is 1. The lowest BCUT2D eigenvalue weighted by atomic mass is 10.1. The molecule has 0 atom stereocenters. The molecule has 3 nitrogen and oxygen atoms in total. The van der Waals surface area contributed by atoms with Crippen LogP contribution in [0.15, 0.2) is 60.7 Å². The summed E-state index contributed by atoms with van der Waals surface area (Å²) in [5.74, 6) is -0.188. The molecule has 1 heterocycles. The van der Waals surface area contributed by atoms with Gasteiger partial charge in [0, 0.05) is 15.6 Å². The monoisotopic (exact) mass is 440 g/mol. The zero-order chi connectivity index (χ0) is 20.5. The minimum atomic E-state index is -0.188. The van der Waals surface area contributed by atoms with Crippen LogP contribution in [0.3, 0.4) is 0 Å². The Morgan fingerprint density at radius 3 is 2.38 bits per heavy atom. The standard InChI is InChI=1S/C23H18Cl2N2OS/c1-14-8-15(2)21-20(9-14)29-23(26-21)27(13-16-6-4-3-5-7-16)22(28)17-10-18(24)12-19(25)11-17/h3-12H,13H2,1-2H3. The Bertz CT molecular complexity index is 1180. The van der Waals surface area contributed by atoms with Crippen molar-refractivity contribution in [2.75, 3.05) is 4.90 Å². The summed E-state index contributed by atoms with van der Waals surface area (Å²) in [5, 5.41) is 1.51. The van der Waals surface area contributed by atoms with E-state index in [2.05, 4.69) is 19.1 Å². The van der Waals surface area contributed by atoms with E-state index in [-0.39, 0.29) is 5.91 Å². The fourth-order valence-electron chi connectivity index (χ4n) is 3.30. The molecule has 0 saturated carbocycles. The second kappa shape index (κ2) is 8.15. The van der Waals surface area contributed by atoms with Crippen LogP contribution in [-0.4, -0.2) is 10.9 Å². The molecule has 0 aliphatic heterocycles. The molecule has 0 aliphatic rings. The number of amides is 1. The summed E-state index contributed by atoms with van der Waals surface area (Å²) < 4.78 is 1.06. The predicted octanol–water partition coefficient (Wildman–Crippen LogP) is 7.07. The third-order valence-electron chi connectivity index (χ3n) is 4.59. The topological polar surface area (TPSA) is 33.2 Å². The molecule has 0 spiro atoms. The second-order valence-electron chi connectivity index (χ2n) is 6.96. The van der Waals surface area contributed by atoms with Crippen molar-refractivity contribution < 1.29 is 4.79 Å². The van der Waals surface area contributed by atoms with Gasteiger partial charge in [0.15, 0.2) is 5.13 Å². The van der Waals surface area contributed by atoms with Crippen LogP contribution in [0, 0.1) is 13.8 Å². The van der Waals surface area contributed by atoms with Crippen LogP contribution in [0.5, 0.6) is 0 Å². The van der Waals surface area contributed by atoms with E-state index in [4.69, 9.17) is 28.2 Å². The van der Waals surface area contributed by atoms with E-state index in [1.165, 1.54) is 16.9 Å². The maximum atomic E-state index is 13.5. The lowest BCUT2D eigenvalue weighted by molar-refractivity contribution is 0.0985. The van der Waals surface area contributed by atoms with Crippen LogP contribution in [0.1, 0.15) is 27.0 Å². The third kappa shape index (κ3) is 4.30. The van der Waals surface area contributed by atoms with Crippen LogP contribution in [0.25, 0.3) is 10.2 Å². The van der Waals surface area contributed by atoms with Crippen molar-refractivity contribution in [1.29, 1.82) is 0 Å². The number of fused-ring (bicyclic) bond motifs is 1. The quantitative estimate of drug-likeness (QED) is 0.339. The average Bonchev–Trinajstić information content (AvgIpc) is 3.09. The first-order chi connectivity index (χ1) is 13.9. The van der Waals surface area contributed by atoms with Crippen molar-refractivity contribution in [3.63, 3.8) is 0 Å². The van der Waals surface area contributed by atoms with E-state index in [0.717, 1.165) is 21.3 Å². The van der Waals surface area contributed by atoms with Gasteiger partial charge in [0.1, 0.15) is 0 Å². The second-order valence-corrected chi connectivity index (χ2v) is 8.84. The molecule has 0 unspecified atom stereocenters. The lowest BCUT2D eigenvalue weighted by Crippen LogP contribution is -2.30. The highest BCUT2D eigenvalue weighted by Gasteiger charge is 2.23. The summed E-state index contributed by atoms with van der Waals surface area (Å²) in [6, 6.07) is 19.0. The molecule has 0 aliphatic carbocycles. The molecule has 0 bridgehead atoms. The first-order valence-corrected chi connectivity index (χ1v) is 10.7. The van der Waals surface area contributed by atoms with Gasteiger partial charge in [0.05, 0.1) is 16.8 Å². The summed E-state index contributed by atoms with van der Waals surface area (Å²) in [5.41, 5.74) is 4.64. The van der Waals surface area contributed by atoms with E-state index in [1.807, 2.05) is 37.3 Å². The fourth-order valence-corrected chi connectivity index (χ4v) is 4.97. The van der Waals surface area contributed by atoms with Gasteiger partial charge < -0.3 is 0 Å². The van der Waals surface area contributed by atoms with Gasteiger partial charge in [-0.05, 0) is 54.8 Å². The number of anilines is 1. The number of halogens is 2. The highest BCUT2D eigenvalue weighted by molar-refractivity contribution is 7.22. The van der Waals surface area contributed by atoms with Crippen molar-refractivity contribution in [3.05, 3.63) is 93.0 Å². The molecule has 29 heavy (non-hydrogen) atoms. The molecule has 0 saturated heterocycles. The molecule has 0 fully saturated rings. The van der Waals surface area contributed by atoms with Crippen LogP contribution in [-0.2, 0) is 6.54 Å². The molecule has 146 valence electrons. The zero-order valence-corrected chi connectivity index (χ0v) is 18.3. The smallest absolute Gasteiger partial charge is 0.260 e. The summed E-state index contributed by atoms with van der Waals surface area (Å²) in [7, 11) is 0. The molecule has 0 radical (unpaired) electrons. The number of nitrogens with zero attached hydrogens (tertiary/aromatic N) is 2. The van der Waals surface area contributed by atoms with Crippen LogP contribution in [0.2, 0.25) is 10.0 Å². The Morgan fingerprint density at radius 1 is 1.00 bits per heavy atom. The summed E-state index contributed by atoms with van der Waals surface area (Å²) in [6.07, 6.45) is 0. The lowest BCUT2D eigenvalue weighted by Gasteiger charge is -2.20. The van der Waals surface area contributed by atoms with Crippen molar-refractivity contribution in [1.82, 2.24) is 4.98 Å². The van der Waals surface area contributed by atoms with Crippen molar-refractivity contribution >= 4 is 55.8 Å². The Balaban J connectivity index is 1.82. The van der Waals surface area contributed by atoms with Crippen LogP contribution >= 0.6 is 34.5 Å². The minimum Gasteiger partial charge on any atom is -0.279 e. The molecule has 4 rings (SSSR count). The van der Waals surface area contributed by atoms with Gasteiger partial charge >= 0.3 is 0 Å². The van der Waals surface area contributed by atoms with Crippen molar-refractivity contribution in [2.24, 2.45) is 0 Å². The maximum absolute atomic E-state index is 13.5. The molecule has 3 aromatic carbocycles. The van der Waals surface area contributed by atoms with E-state index < -0.39 is 0 Å². The normalized spacial score (nSPS) is 11.0. The van der Waals surface area contributed by atoms with Gasteiger partial charge in [0.25, 0.3) is 5.91 Å². The first kappa shape index (κ1) is 19.9. The van der Waals surface area contributed by atoms with Crippen molar-refractivity contribution in [3.8, 4) is 0 Å². The SMILES string of the molecule is Cc1cc(C)c2nc(N(Cc3ccccc3)C(=O)c3cc(Cl)cc(Cl)c3)sc2c1. The molecular formula is C23H18Cl2N2OS. The Hall–Kier alpha value is -2.40. The summed E-state index contributed by atoms with van der Waals surface area (Å²) in [4.78, 5) is 19.9. The number of rotatable bonds is 4. The van der Waals surface area contributed by atoms with Gasteiger partial charge in [-0.1, -0.05) is 70.9 Å². The van der Waals surface area contributed by atoms with Gasteiger partial charge in [-0.2, -0.15) is 0 Å². The Labute approximate surface area is 183 Å². The third-order valence-corrected chi connectivity index (χ3v) is 6.05.